The van der Waals surface area contributed by atoms with Crippen LogP contribution in [0.2, 0.25) is 18.1 Å². The normalized spacial score (nSPS) is 15.9. The summed E-state index contributed by atoms with van der Waals surface area (Å²) in [5.74, 6) is 0. The highest BCUT2D eigenvalue weighted by Gasteiger charge is 2.38. The monoisotopic (exact) mass is 203 g/mol. The van der Waals surface area contributed by atoms with Crippen LogP contribution in [0.15, 0.2) is 0 Å². The Bertz CT molecular complexity index is 151. The summed E-state index contributed by atoms with van der Waals surface area (Å²) in [5.41, 5.74) is 5.49. The summed E-state index contributed by atoms with van der Waals surface area (Å²) < 4.78 is 6.10. The Morgan fingerprint density at radius 3 is 2.08 bits per heavy atom. The Morgan fingerprint density at radius 2 is 1.77 bits per heavy atom. The van der Waals surface area contributed by atoms with E-state index in [2.05, 4.69) is 40.8 Å². The molecular weight excluding hydrogens is 178 g/mol. The van der Waals surface area contributed by atoms with Crippen molar-refractivity contribution in [2.75, 3.05) is 6.54 Å². The van der Waals surface area contributed by atoms with E-state index in [4.69, 9.17) is 10.2 Å². The van der Waals surface area contributed by atoms with Gasteiger partial charge in [-0.05, 0) is 38.0 Å². The van der Waals surface area contributed by atoms with E-state index in [0.717, 1.165) is 13.0 Å². The number of rotatable bonds is 4. The molecule has 2 nitrogen and oxygen atoms in total. The van der Waals surface area contributed by atoms with Crippen LogP contribution in [-0.2, 0) is 4.43 Å². The molecule has 0 rings (SSSR count). The summed E-state index contributed by atoms with van der Waals surface area (Å²) in [6.45, 7) is 14.2. The van der Waals surface area contributed by atoms with Crippen LogP contribution < -0.4 is 5.73 Å². The Hall–Kier alpha value is 0.137. The van der Waals surface area contributed by atoms with Gasteiger partial charge in [0.2, 0.25) is 0 Å². The number of nitrogens with two attached hydrogens (primary N) is 1. The Labute approximate surface area is 84.0 Å². The van der Waals surface area contributed by atoms with Crippen LogP contribution >= 0.6 is 0 Å². The fraction of sp³-hybridized carbons (Fsp3) is 1.00. The molecule has 0 saturated heterocycles. The maximum absolute atomic E-state index is 6.10. The van der Waals surface area contributed by atoms with Crippen molar-refractivity contribution in [2.45, 2.75) is 58.4 Å². The molecule has 0 heterocycles. The van der Waals surface area contributed by atoms with E-state index in [1.165, 1.54) is 0 Å². The molecule has 1 atom stereocenters. The van der Waals surface area contributed by atoms with Gasteiger partial charge in [-0.1, -0.05) is 20.8 Å². The average molecular weight is 203 g/mol. The molecule has 1 unspecified atom stereocenters. The summed E-state index contributed by atoms with van der Waals surface area (Å²) in [5, 5.41) is 0.301. The first kappa shape index (κ1) is 13.1. The van der Waals surface area contributed by atoms with Gasteiger partial charge in [-0.15, -0.1) is 0 Å². The number of hydrogen-bond acceptors (Lipinski definition) is 2. The first-order chi connectivity index (χ1) is 5.70. The zero-order chi connectivity index (χ0) is 10.7. The van der Waals surface area contributed by atoms with Crippen LogP contribution in [0.5, 0.6) is 0 Å². The minimum Gasteiger partial charge on any atom is -0.414 e. The summed E-state index contributed by atoms with van der Waals surface area (Å²) in [4.78, 5) is 0. The zero-order valence-corrected chi connectivity index (χ0v) is 11.0. The van der Waals surface area contributed by atoms with Crippen LogP contribution in [0, 0.1) is 0 Å². The van der Waals surface area contributed by atoms with E-state index in [1.807, 2.05) is 0 Å². The predicted molar refractivity (Wildman–Crippen MR) is 61.4 cm³/mol. The lowest BCUT2D eigenvalue weighted by molar-refractivity contribution is 0.192. The summed E-state index contributed by atoms with van der Waals surface area (Å²) in [7, 11) is -1.56. The van der Waals surface area contributed by atoms with Crippen LogP contribution in [0.3, 0.4) is 0 Å². The Morgan fingerprint density at radius 1 is 1.31 bits per heavy atom. The molecule has 0 aliphatic heterocycles. The second-order valence-electron chi connectivity index (χ2n) is 5.27. The highest BCUT2D eigenvalue weighted by molar-refractivity contribution is 6.74. The van der Waals surface area contributed by atoms with Crippen LogP contribution in [0.1, 0.15) is 34.1 Å². The fourth-order valence-electron chi connectivity index (χ4n) is 0.973. The van der Waals surface area contributed by atoms with E-state index in [9.17, 15) is 0 Å². The molecule has 0 aliphatic rings. The predicted octanol–water partition coefficient (Wildman–Crippen LogP) is 2.75. The summed E-state index contributed by atoms with van der Waals surface area (Å²) >= 11 is 0. The molecule has 0 saturated carbocycles. The maximum Gasteiger partial charge on any atom is 0.192 e. The molecule has 0 amide bonds. The molecule has 80 valence electrons. The minimum atomic E-state index is -1.56. The second kappa shape index (κ2) is 4.58. The second-order valence-corrected chi connectivity index (χ2v) is 10.0. The van der Waals surface area contributed by atoms with E-state index in [0.29, 0.717) is 11.1 Å². The minimum absolute atomic E-state index is 0.301. The average Bonchev–Trinajstić information content (AvgIpc) is 1.83. The van der Waals surface area contributed by atoms with E-state index in [-0.39, 0.29) is 0 Å². The van der Waals surface area contributed by atoms with Gasteiger partial charge >= 0.3 is 0 Å². The highest BCUT2D eigenvalue weighted by Crippen LogP contribution is 2.37. The van der Waals surface area contributed by atoms with E-state index in [1.54, 1.807) is 0 Å². The molecule has 0 aliphatic carbocycles. The topological polar surface area (TPSA) is 35.2 Å². The van der Waals surface area contributed by atoms with Crippen molar-refractivity contribution < 1.29 is 4.43 Å². The van der Waals surface area contributed by atoms with Gasteiger partial charge in [0, 0.05) is 6.10 Å². The van der Waals surface area contributed by atoms with Crippen molar-refractivity contribution in [2.24, 2.45) is 5.73 Å². The third-order valence-electron chi connectivity index (χ3n) is 2.88. The third kappa shape index (κ3) is 4.25. The van der Waals surface area contributed by atoms with Crippen LogP contribution in [0.25, 0.3) is 0 Å². The molecule has 0 fully saturated rings. The lowest BCUT2D eigenvalue weighted by Crippen LogP contribution is -2.43. The van der Waals surface area contributed by atoms with Crippen LogP contribution in [0.4, 0.5) is 0 Å². The Kier molecular flexibility index (Phi) is 4.62. The summed E-state index contributed by atoms with van der Waals surface area (Å²) in [6, 6.07) is 0. The van der Waals surface area contributed by atoms with Gasteiger partial charge in [-0.2, -0.15) is 0 Å². The van der Waals surface area contributed by atoms with Gasteiger partial charge in [0.1, 0.15) is 0 Å². The van der Waals surface area contributed by atoms with Crippen molar-refractivity contribution in [1.82, 2.24) is 0 Å². The smallest absolute Gasteiger partial charge is 0.192 e. The van der Waals surface area contributed by atoms with Crippen molar-refractivity contribution in [3.8, 4) is 0 Å². The molecule has 0 aromatic carbocycles. The van der Waals surface area contributed by atoms with Gasteiger partial charge in [0.05, 0.1) is 0 Å². The van der Waals surface area contributed by atoms with Gasteiger partial charge in [-0.3, -0.25) is 0 Å². The van der Waals surface area contributed by atoms with Crippen molar-refractivity contribution in [3.63, 3.8) is 0 Å². The van der Waals surface area contributed by atoms with Crippen LogP contribution in [-0.4, -0.2) is 21.0 Å². The molecule has 0 spiro atoms. The van der Waals surface area contributed by atoms with E-state index < -0.39 is 8.32 Å². The lowest BCUT2D eigenvalue weighted by atomic mass is 10.2. The molecule has 13 heavy (non-hydrogen) atoms. The number of hydrogen-bond donors (Lipinski definition) is 1. The third-order valence-corrected chi connectivity index (χ3v) is 7.48. The highest BCUT2D eigenvalue weighted by atomic mass is 28.4. The van der Waals surface area contributed by atoms with Gasteiger partial charge in [0.15, 0.2) is 8.32 Å². The SMILES string of the molecule is CC(CCN)O[Si](C)(C)C(C)(C)C. The first-order valence-corrected chi connectivity index (χ1v) is 7.99. The van der Waals surface area contributed by atoms with Gasteiger partial charge < -0.3 is 10.2 Å². The van der Waals surface area contributed by atoms with Crippen molar-refractivity contribution in [1.29, 1.82) is 0 Å². The zero-order valence-electron chi connectivity index (χ0n) is 9.98. The first-order valence-electron chi connectivity index (χ1n) is 5.08. The fourth-order valence-corrected chi connectivity index (χ4v) is 2.45. The molecule has 2 N–H and O–H groups in total. The standard InChI is InChI=1S/C10H25NOSi/c1-9(7-8-11)12-13(5,6)10(2,3)4/h9H,7-8,11H2,1-6H3. The molecule has 3 heteroatoms. The van der Waals surface area contributed by atoms with Gasteiger partial charge in [-0.25, -0.2) is 0 Å². The molecule has 0 aromatic rings. The quantitative estimate of drug-likeness (QED) is 0.713. The lowest BCUT2D eigenvalue weighted by Gasteiger charge is -2.38. The molecular formula is C10H25NOSi. The van der Waals surface area contributed by atoms with Crippen molar-refractivity contribution in [3.05, 3.63) is 0 Å². The van der Waals surface area contributed by atoms with E-state index >= 15 is 0 Å². The van der Waals surface area contributed by atoms with Gasteiger partial charge in [0.25, 0.3) is 0 Å². The summed E-state index contributed by atoms with van der Waals surface area (Å²) in [6.07, 6.45) is 1.28. The maximum atomic E-state index is 6.10. The Balaban J connectivity index is 4.17. The molecule has 0 bridgehead atoms. The largest absolute Gasteiger partial charge is 0.414 e. The molecule has 0 radical (unpaired) electrons. The van der Waals surface area contributed by atoms with Crippen molar-refractivity contribution >= 4 is 8.32 Å². The molecule has 0 aromatic heterocycles.